The lowest BCUT2D eigenvalue weighted by Gasteiger charge is -2.07. The molecule has 2 N–H and O–H groups in total. The molecular weight excluding hydrogens is 282 g/mol. The fourth-order valence-electron chi connectivity index (χ4n) is 2.76. The summed E-state index contributed by atoms with van der Waals surface area (Å²) in [5.41, 5.74) is 4.07. The minimum atomic E-state index is -0.546. The van der Waals surface area contributed by atoms with Crippen LogP contribution in [0.5, 0.6) is 0 Å². The molecule has 0 aliphatic carbocycles. The molecular formula is C18H18F2N2. The largest absolute Gasteiger partial charge is 0.358 e. The molecule has 0 spiro atoms. The van der Waals surface area contributed by atoms with E-state index >= 15 is 0 Å². The Bertz CT molecular complexity index is 793. The number of hydrogen-bond acceptors (Lipinski definition) is 1. The molecule has 0 amide bonds. The Morgan fingerprint density at radius 3 is 2.73 bits per heavy atom. The second-order valence-electron chi connectivity index (χ2n) is 5.44. The topological polar surface area (TPSA) is 27.8 Å². The zero-order valence-corrected chi connectivity index (χ0v) is 12.4. The number of aryl methyl sites for hydroxylation is 1. The Balaban J connectivity index is 1.62. The van der Waals surface area contributed by atoms with E-state index in [1.54, 1.807) is 0 Å². The van der Waals surface area contributed by atoms with Gasteiger partial charge < -0.3 is 10.3 Å². The molecule has 114 valence electrons. The third-order valence-electron chi connectivity index (χ3n) is 3.91. The quantitative estimate of drug-likeness (QED) is 0.683. The summed E-state index contributed by atoms with van der Waals surface area (Å²) in [5.74, 6) is -1.05. The summed E-state index contributed by atoms with van der Waals surface area (Å²) in [6, 6.07) is 11.9. The first-order valence-corrected chi connectivity index (χ1v) is 7.36. The van der Waals surface area contributed by atoms with Crippen molar-refractivity contribution in [1.82, 2.24) is 10.3 Å². The van der Waals surface area contributed by atoms with Crippen molar-refractivity contribution in [2.24, 2.45) is 0 Å². The number of halogens is 2. The van der Waals surface area contributed by atoms with Gasteiger partial charge in [0.15, 0.2) is 0 Å². The number of aromatic amines is 1. The van der Waals surface area contributed by atoms with Crippen LogP contribution in [-0.2, 0) is 13.0 Å². The fraction of sp³-hybridized carbons (Fsp3) is 0.222. The van der Waals surface area contributed by atoms with Gasteiger partial charge in [-0.05, 0) is 37.6 Å². The molecule has 2 aromatic carbocycles. The van der Waals surface area contributed by atoms with E-state index in [4.69, 9.17) is 0 Å². The number of benzene rings is 2. The molecule has 0 saturated carbocycles. The molecule has 2 nitrogen and oxygen atoms in total. The van der Waals surface area contributed by atoms with Crippen molar-refractivity contribution in [3.8, 4) is 0 Å². The summed E-state index contributed by atoms with van der Waals surface area (Å²) in [5, 5.41) is 4.45. The number of rotatable bonds is 5. The van der Waals surface area contributed by atoms with Crippen molar-refractivity contribution < 1.29 is 8.78 Å². The SMILES string of the molecule is Cc1[nH]c2ccccc2c1CCNCc1ccc(F)cc1F. The van der Waals surface area contributed by atoms with Gasteiger partial charge in [0.1, 0.15) is 11.6 Å². The molecule has 0 unspecified atom stereocenters. The first-order chi connectivity index (χ1) is 10.6. The van der Waals surface area contributed by atoms with Crippen LogP contribution in [0.1, 0.15) is 16.8 Å². The number of nitrogens with one attached hydrogen (secondary N) is 2. The lowest BCUT2D eigenvalue weighted by Crippen LogP contribution is -2.17. The Morgan fingerprint density at radius 1 is 1.09 bits per heavy atom. The van der Waals surface area contributed by atoms with Crippen LogP contribution in [-0.4, -0.2) is 11.5 Å². The summed E-state index contributed by atoms with van der Waals surface area (Å²) in [4.78, 5) is 3.37. The number of hydrogen-bond donors (Lipinski definition) is 2. The molecule has 0 aliphatic rings. The summed E-state index contributed by atoms with van der Waals surface area (Å²) < 4.78 is 26.4. The van der Waals surface area contributed by atoms with E-state index < -0.39 is 11.6 Å². The first-order valence-electron chi connectivity index (χ1n) is 7.36. The highest BCUT2D eigenvalue weighted by molar-refractivity contribution is 5.84. The maximum absolute atomic E-state index is 13.5. The van der Waals surface area contributed by atoms with Gasteiger partial charge in [0.05, 0.1) is 0 Å². The van der Waals surface area contributed by atoms with E-state index in [1.807, 2.05) is 12.1 Å². The Hall–Kier alpha value is -2.20. The average Bonchev–Trinajstić information content (AvgIpc) is 2.81. The van der Waals surface area contributed by atoms with E-state index in [0.717, 1.165) is 30.2 Å². The lowest BCUT2D eigenvalue weighted by atomic mass is 10.1. The van der Waals surface area contributed by atoms with E-state index in [2.05, 4.69) is 29.4 Å². The van der Waals surface area contributed by atoms with Crippen molar-refractivity contribution in [2.75, 3.05) is 6.54 Å². The van der Waals surface area contributed by atoms with Gasteiger partial charge in [-0.1, -0.05) is 24.3 Å². The van der Waals surface area contributed by atoms with Gasteiger partial charge in [-0.2, -0.15) is 0 Å². The highest BCUT2D eigenvalue weighted by atomic mass is 19.1. The first kappa shape index (κ1) is 14.7. The summed E-state index contributed by atoms with van der Waals surface area (Å²) in [6.07, 6.45) is 0.860. The van der Waals surface area contributed by atoms with E-state index in [0.29, 0.717) is 12.1 Å². The van der Waals surface area contributed by atoms with Gasteiger partial charge in [-0.15, -0.1) is 0 Å². The molecule has 4 heteroatoms. The third-order valence-corrected chi connectivity index (χ3v) is 3.91. The minimum absolute atomic E-state index is 0.396. The predicted octanol–water partition coefficient (Wildman–Crippen LogP) is 4.09. The molecule has 3 rings (SSSR count). The molecule has 0 bridgehead atoms. The molecule has 0 radical (unpaired) electrons. The van der Waals surface area contributed by atoms with E-state index in [1.165, 1.54) is 23.1 Å². The molecule has 0 saturated heterocycles. The van der Waals surface area contributed by atoms with Crippen molar-refractivity contribution in [1.29, 1.82) is 0 Å². The number of fused-ring (bicyclic) bond motifs is 1. The van der Waals surface area contributed by atoms with Crippen molar-refractivity contribution in [3.05, 3.63) is 70.9 Å². The summed E-state index contributed by atoms with van der Waals surface area (Å²) >= 11 is 0. The van der Waals surface area contributed by atoms with Gasteiger partial charge in [0.25, 0.3) is 0 Å². The smallest absolute Gasteiger partial charge is 0.130 e. The summed E-state index contributed by atoms with van der Waals surface area (Å²) in [6.45, 7) is 3.20. The molecule has 0 fully saturated rings. The highest BCUT2D eigenvalue weighted by Gasteiger charge is 2.08. The van der Waals surface area contributed by atoms with Gasteiger partial charge in [0, 0.05) is 34.8 Å². The zero-order valence-electron chi connectivity index (χ0n) is 12.4. The molecule has 3 aromatic rings. The van der Waals surface area contributed by atoms with Crippen LogP contribution in [0, 0.1) is 18.6 Å². The third kappa shape index (κ3) is 3.02. The van der Waals surface area contributed by atoms with E-state index in [9.17, 15) is 8.78 Å². The van der Waals surface area contributed by atoms with Crippen LogP contribution in [0.2, 0.25) is 0 Å². The van der Waals surface area contributed by atoms with Crippen LogP contribution in [0.25, 0.3) is 10.9 Å². The van der Waals surface area contributed by atoms with Crippen molar-refractivity contribution in [2.45, 2.75) is 19.9 Å². The predicted molar refractivity (Wildman–Crippen MR) is 84.8 cm³/mol. The highest BCUT2D eigenvalue weighted by Crippen LogP contribution is 2.22. The zero-order chi connectivity index (χ0) is 15.5. The maximum atomic E-state index is 13.5. The Morgan fingerprint density at radius 2 is 1.91 bits per heavy atom. The van der Waals surface area contributed by atoms with Crippen molar-refractivity contribution >= 4 is 10.9 Å². The normalized spacial score (nSPS) is 11.2. The van der Waals surface area contributed by atoms with Gasteiger partial charge in [-0.3, -0.25) is 0 Å². The maximum Gasteiger partial charge on any atom is 0.130 e. The molecule has 1 heterocycles. The monoisotopic (exact) mass is 300 g/mol. The average molecular weight is 300 g/mol. The second kappa shape index (κ2) is 6.28. The number of para-hydroxylation sites is 1. The molecule has 0 aliphatic heterocycles. The van der Waals surface area contributed by atoms with Crippen molar-refractivity contribution in [3.63, 3.8) is 0 Å². The van der Waals surface area contributed by atoms with E-state index in [-0.39, 0.29) is 0 Å². The van der Waals surface area contributed by atoms with Crippen LogP contribution < -0.4 is 5.32 Å². The van der Waals surface area contributed by atoms with Crippen LogP contribution in [0.3, 0.4) is 0 Å². The Labute approximate surface area is 128 Å². The molecule has 1 aromatic heterocycles. The van der Waals surface area contributed by atoms with Gasteiger partial charge >= 0.3 is 0 Å². The number of H-pyrrole nitrogens is 1. The van der Waals surface area contributed by atoms with Crippen LogP contribution in [0.15, 0.2) is 42.5 Å². The number of aromatic nitrogens is 1. The minimum Gasteiger partial charge on any atom is -0.358 e. The molecule has 22 heavy (non-hydrogen) atoms. The van der Waals surface area contributed by atoms with Crippen LogP contribution in [0.4, 0.5) is 8.78 Å². The molecule has 0 atom stereocenters. The summed E-state index contributed by atoms with van der Waals surface area (Å²) in [7, 11) is 0. The van der Waals surface area contributed by atoms with Gasteiger partial charge in [0.2, 0.25) is 0 Å². The lowest BCUT2D eigenvalue weighted by molar-refractivity contribution is 0.560. The van der Waals surface area contributed by atoms with Gasteiger partial charge in [-0.25, -0.2) is 8.78 Å². The fourth-order valence-corrected chi connectivity index (χ4v) is 2.76. The Kier molecular flexibility index (Phi) is 4.20. The second-order valence-corrected chi connectivity index (χ2v) is 5.44. The standard InChI is InChI=1S/C18H18F2N2/c1-12-15(16-4-2-3-5-18(16)22-12)8-9-21-11-13-6-7-14(19)10-17(13)20/h2-7,10,21-22H,8-9,11H2,1H3. The van der Waals surface area contributed by atoms with Crippen LogP contribution >= 0.6 is 0 Å².